The fraction of sp³-hybridized carbons (Fsp3) is 0.591. The second-order valence-corrected chi connectivity index (χ2v) is 9.29. The van der Waals surface area contributed by atoms with E-state index in [1.807, 2.05) is 23.1 Å². The molecule has 8 nitrogen and oxygen atoms in total. The fourth-order valence-electron chi connectivity index (χ4n) is 2.90. The highest BCUT2D eigenvalue weighted by molar-refractivity contribution is 5.99. The van der Waals surface area contributed by atoms with Gasteiger partial charge in [0.05, 0.1) is 0 Å². The number of aliphatic imine (C=N–C) groups is 1. The maximum Gasteiger partial charge on any atom is 0.437 e. The Balaban J connectivity index is 2.04. The van der Waals surface area contributed by atoms with Crippen molar-refractivity contribution in [3.63, 3.8) is 0 Å². The monoisotopic (exact) mass is 418 g/mol. The fourth-order valence-corrected chi connectivity index (χ4v) is 2.90. The number of guanidine groups is 1. The largest absolute Gasteiger partial charge is 0.444 e. The molecule has 2 rings (SSSR count). The highest BCUT2D eigenvalue weighted by atomic mass is 16.6. The van der Waals surface area contributed by atoms with Crippen molar-refractivity contribution >= 4 is 18.1 Å². The molecular formula is C22H34N4O4. The molecule has 1 N–H and O–H groups in total. The third-order valence-corrected chi connectivity index (χ3v) is 4.12. The van der Waals surface area contributed by atoms with E-state index in [1.165, 1.54) is 5.56 Å². The van der Waals surface area contributed by atoms with Crippen LogP contribution in [-0.2, 0) is 16.0 Å². The first-order valence-electron chi connectivity index (χ1n) is 10.2. The molecule has 0 aromatic heterocycles. The normalized spacial score (nSPS) is 16.2. The lowest BCUT2D eigenvalue weighted by Crippen LogP contribution is -2.54. The summed E-state index contributed by atoms with van der Waals surface area (Å²) in [5, 5.41) is 2.62. The molecule has 1 aromatic rings. The van der Waals surface area contributed by atoms with Crippen molar-refractivity contribution in [1.29, 1.82) is 0 Å². The number of amides is 2. The lowest BCUT2D eigenvalue weighted by Gasteiger charge is -2.36. The summed E-state index contributed by atoms with van der Waals surface area (Å²) in [6, 6.07) is 10.3. The van der Waals surface area contributed by atoms with Gasteiger partial charge in [0.2, 0.25) is 5.96 Å². The van der Waals surface area contributed by atoms with Crippen LogP contribution in [0.3, 0.4) is 0 Å². The molecule has 2 amide bonds. The molecule has 1 aliphatic heterocycles. The highest BCUT2D eigenvalue weighted by Crippen LogP contribution is 2.12. The number of benzene rings is 1. The number of carbonyl (C=O) groups excluding carboxylic acids is 2. The van der Waals surface area contributed by atoms with E-state index < -0.39 is 23.4 Å². The van der Waals surface area contributed by atoms with Crippen molar-refractivity contribution in [3.8, 4) is 0 Å². The minimum atomic E-state index is -0.750. The molecule has 1 saturated heterocycles. The van der Waals surface area contributed by atoms with Crippen LogP contribution in [0, 0.1) is 0 Å². The average Bonchev–Trinajstić information content (AvgIpc) is 2.59. The van der Waals surface area contributed by atoms with Crippen molar-refractivity contribution in [2.24, 2.45) is 4.99 Å². The molecular weight excluding hydrogens is 384 g/mol. The molecule has 0 spiro atoms. The van der Waals surface area contributed by atoms with Crippen LogP contribution < -0.4 is 5.32 Å². The second kappa shape index (κ2) is 9.93. The van der Waals surface area contributed by atoms with E-state index in [0.717, 1.165) is 19.6 Å². The Labute approximate surface area is 179 Å². The molecule has 1 aromatic carbocycles. The number of nitrogens with one attached hydrogen (secondary N) is 1. The number of ether oxygens (including phenoxy) is 2. The number of carbonyl (C=O) groups is 2. The third kappa shape index (κ3) is 8.82. The molecule has 0 saturated carbocycles. The number of hydrogen-bond donors (Lipinski definition) is 1. The van der Waals surface area contributed by atoms with Gasteiger partial charge >= 0.3 is 12.2 Å². The molecule has 0 aliphatic carbocycles. The van der Waals surface area contributed by atoms with Crippen molar-refractivity contribution in [2.75, 3.05) is 26.2 Å². The van der Waals surface area contributed by atoms with Crippen molar-refractivity contribution in [1.82, 2.24) is 15.1 Å². The summed E-state index contributed by atoms with van der Waals surface area (Å²) in [5.41, 5.74) is -0.0814. The van der Waals surface area contributed by atoms with Crippen molar-refractivity contribution in [3.05, 3.63) is 35.9 Å². The van der Waals surface area contributed by atoms with E-state index in [-0.39, 0.29) is 5.96 Å². The first-order valence-corrected chi connectivity index (χ1v) is 10.2. The van der Waals surface area contributed by atoms with Gasteiger partial charge in [-0.15, -0.1) is 4.99 Å². The van der Waals surface area contributed by atoms with Crippen LogP contribution >= 0.6 is 0 Å². The lowest BCUT2D eigenvalue weighted by molar-refractivity contribution is 0.0550. The van der Waals surface area contributed by atoms with Gasteiger partial charge in [0, 0.05) is 32.7 Å². The van der Waals surface area contributed by atoms with Gasteiger partial charge in [0.1, 0.15) is 11.2 Å². The molecule has 8 heteroatoms. The Bertz CT molecular complexity index is 743. The van der Waals surface area contributed by atoms with Gasteiger partial charge in [-0.2, -0.15) is 0 Å². The van der Waals surface area contributed by atoms with Gasteiger partial charge < -0.3 is 14.4 Å². The standard InChI is InChI=1S/C22H34N4O4/c1-21(2,3)29-19(27)23-18(24-20(28)30-22(4,5)6)26-14-12-25(13-15-26)16-17-10-8-7-9-11-17/h7-11H,12-16H2,1-6H3,(H,23,24,27,28). The van der Waals surface area contributed by atoms with Crippen LogP contribution in [0.4, 0.5) is 9.59 Å². The van der Waals surface area contributed by atoms with Crippen LogP contribution in [-0.4, -0.2) is 65.3 Å². The molecule has 0 unspecified atom stereocenters. The Morgan fingerprint density at radius 1 is 0.933 bits per heavy atom. The first kappa shape index (κ1) is 23.7. The number of nitrogens with zero attached hydrogens (tertiary/aromatic N) is 3. The smallest absolute Gasteiger partial charge is 0.437 e. The molecule has 0 atom stereocenters. The third-order valence-electron chi connectivity index (χ3n) is 4.12. The zero-order chi connectivity index (χ0) is 22.4. The highest BCUT2D eigenvalue weighted by Gasteiger charge is 2.26. The van der Waals surface area contributed by atoms with E-state index in [1.54, 1.807) is 41.5 Å². The molecule has 30 heavy (non-hydrogen) atoms. The molecule has 1 aliphatic rings. The summed E-state index contributed by atoms with van der Waals surface area (Å²) in [4.78, 5) is 32.7. The van der Waals surface area contributed by atoms with Crippen LogP contribution in [0.25, 0.3) is 0 Å². The van der Waals surface area contributed by atoms with Crippen LogP contribution in [0.15, 0.2) is 35.3 Å². The number of rotatable bonds is 2. The van der Waals surface area contributed by atoms with E-state index in [0.29, 0.717) is 13.1 Å². The Kier molecular flexibility index (Phi) is 7.83. The average molecular weight is 419 g/mol. The van der Waals surface area contributed by atoms with Gasteiger partial charge in [-0.1, -0.05) is 30.3 Å². The lowest BCUT2D eigenvalue weighted by atomic mass is 10.2. The Morgan fingerprint density at radius 2 is 1.50 bits per heavy atom. The summed E-state index contributed by atoms with van der Waals surface area (Å²) in [6.45, 7) is 14.3. The number of hydrogen-bond acceptors (Lipinski definition) is 5. The maximum absolute atomic E-state index is 12.3. The van der Waals surface area contributed by atoms with Crippen molar-refractivity contribution in [2.45, 2.75) is 59.3 Å². The quantitative estimate of drug-likeness (QED) is 0.583. The Hall–Kier alpha value is -2.61. The Morgan fingerprint density at radius 3 is 2.03 bits per heavy atom. The van der Waals surface area contributed by atoms with E-state index >= 15 is 0 Å². The van der Waals surface area contributed by atoms with E-state index in [4.69, 9.17) is 9.47 Å². The predicted octanol–water partition coefficient (Wildman–Crippen LogP) is 3.62. The van der Waals surface area contributed by atoms with Gasteiger partial charge in [-0.25, -0.2) is 9.59 Å². The number of piperazine rings is 1. The van der Waals surface area contributed by atoms with Crippen LogP contribution in [0.2, 0.25) is 0 Å². The molecule has 166 valence electrons. The minimum Gasteiger partial charge on any atom is -0.444 e. The predicted molar refractivity (Wildman–Crippen MR) is 116 cm³/mol. The molecule has 0 bridgehead atoms. The van der Waals surface area contributed by atoms with Gasteiger partial charge in [0.25, 0.3) is 0 Å². The first-order chi connectivity index (χ1) is 13.9. The summed E-state index contributed by atoms with van der Waals surface area (Å²) < 4.78 is 10.6. The van der Waals surface area contributed by atoms with Gasteiger partial charge in [0.15, 0.2) is 0 Å². The second-order valence-electron chi connectivity index (χ2n) is 9.29. The van der Waals surface area contributed by atoms with E-state index in [2.05, 4.69) is 27.3 Å². The zero-order valence-corrected chi connectivity index (χ0v) is 18.9. The zero-order valence-electron chi connectivity index (χ0n) is 18.9. The summed E-state index contributed by atoms with van der Waals surface area (Å²) in [7, 11) is 0. The van der Waals surface area contributed by atoms with E-state index in [9.17, 15) is 9.59 Å². The van der Waals surface area contributed by atoms with Crippen LogP contribution in [0.5, 0.6) is 0 Å². The van der Waals surface area contributed by atoms with Crippen LogP contribution in [0.1, 0.15) is 47.1 Å². The summed E-state index contributed by atoms with van der Waals surface area (Å²) in [5.74, 6) is 0.151. The molecule has 1 heterocycles. The number of alkyl carbamates (subject to hydrolysis) is 1. The van der Waals surface area contributed by atoms with Crippen molar-refractivity contribution < 1.29 is 19.1 Å². The summed E-state index contributed by atoms with van der Waals surface area (Å²) >= 11 is 0. The maximum atomic E-state index is 12.3. The SMILES string of the molecule is CC(C)(C)OC(=O)/N=C(/NC(=O)OC(C)(C)C)N1CCN(Cc2ccccc2)CC1. The molecule has 1 fully saturated rings. The molecule has 0 radical (unpaired) electrons. The summed E-state index contributed by atoms with van der Waals surface area (Å²) in [6.07, 6.45) is -1.41. The topological polar surface area (TPSA) is 83.5 Å². The minimum absolute atomic E-state index is 0.151. The van der Waals surface area contributed by atoms with Gasteiger partial charge in [-0.05, 0) is 47.1 Å². The van der Waals surface area contributed by atoms with Gasteiger partial charge in [-0.3, -0.25) is 10.2 Å².